The Morgan fingerprint density at radius 2 is 1.94 bits per heavy atom. The van der Waals surface area contributed by atoms with E-state index in [2.05, 4.69) is 18.0 Å². The number of benzene rings is 1. The molecule has 1 aromatic carbocycles. The Labute approximate surface area is 101 Å². The van der Waals surface area contributed by atoms with Crippen molar-refractivity contribution in [2.75, 3.05) is 7.11 Å². The van der Waals surface area contributed by atoms with Crippen LogP contribution in [0.4, 0.5) is 0 Å². The minimum absolute atomic E-state index is 0.186. The van der Waals surface area contributed by atoms with Gasteiger partial charge in [-0.15, -0.1) is 0 Å². The summed E-state index contributed by atoms with van der Waals surface area (Å²) < 4.78 is 5.29. The van der Waals surface area contributed by atoms with Crippen LogP contribution in [0.25, 0.3) is 0 Å². The first-order valence-corrected chi connectivity index (χ1v) is 5.53. The molecule has 0 bridgehead atoms. The summed E-state index contributed by atoms with van der Waals surface area (Å²) in [5.41, 5.74) is 9.53. The van der Waals surface area contributed by atoms with Crippen molar-refractivity contribution in [1.82, 2.24) is 4.98 Å². The fourth-order valence-corrected chi connectivity index (χ4v) is 1.92. The van der Waals surface area contributed by atoms with E-state index in [1.54, 1.807) is 19.5 Å². The molecule has 0 saturated carbocycles. The molecule has 0 saturated heterocycles. The van der Waals surface area contributed by atoms with E-state index in [1.807, 2.05) is 24.3 Å². The van der Waals surface area contributed by atoms with Gasteiger partial charge < -0.3 is 10.5 Å². The quantitative estimate of drug-likeness (QED) is 0.877. The first-order chi connectivity index (χ1) is 8.24. The van der Waals surface area contributed by atoms with E-state index < -0.39 is 0 Å². The number of methoxy groups -OCH3 is 1. The lowest BCUT2D eigenvalue weighted by Gasteiger charge is -2.17. The van der Waals surface area contributed by atoms with Gasteiger partial charge in [0.2, 0.25) is 0 Å². The highest BCUT2D eigenvalue weighted by Gasteiger charge is 2.15. The molecule has 0 fully saturated rings. The van der Waals surface area contributed by atoms with Crippen molar-refractivity contribution < 1.29 is 4.74 Å². The number of nitrogens with two attached hydrogens (primary N) is 1. The lowest BCUT2D eigenvalue weighted by atomic mass is 9.96. The highest BCUT2D eigenvalue weighted by Crippen LogP contribution is 2.28. The molecule has 1 heterocycles. The van der Waals surface area contributed by atoms with Gasteiger partial charge in [-0.2, -0.15) is 0 Å². The fraction of sp³-hybridized carbons (Fsp3) is 0.214. The number of aryl methyl sites for hydroxylation is 1. The molecule has 2 aromatic rings. The van der Waals surface area contributed by atoms with Crippen LogP contribution in [0.2, 0.25) is 0 Å². The van der Waals surface area contributed by atoms with Gasteiger partial charge in [0.1, 0.15) is 5.75 Å². The van der Waals surface area contributed by atoms with Crippen LogP contribution in [-0.4, -0.2) is 12.1 Å². The van der Waals surface area contributed by atoms with Crippen molar-refractivity contribution in [1.29, 1.82) is 0 Å². The second kappa shape index (κ2) is 4.97. The normalized spacial score (nSPS) is 12.2. The average molecular weight is 228 g/mol. The van der Waals surface area contributed by atoms with Crippen molar-refractivity contribution >= 4 is 0 Å². The van der Waals surface area contributed by atoms with E-state index in [4.69, 9.17) is 10.5 Å². The van der Waals surface area contributed by atoms with E-state index in [1.165, 1.54) is 5.56 Å². The Bertz CT molecular complexity index is 511. The number of nitrogens with zero attached hydrogens (tertiary/aromatic N) is 1. The summed E-state index contributed by atoms with van der Waals surface area (Å²) in [6.07, 6.45) is 3.42. The maximum atomic E-state index is 6.29. The Morgan fingerprint density at radius 3 is 2.65 bits per heavy atom. The van der Waals surface area contributed by atoms with E-state index in [-0.39, 0.29) is 6.04 Å². The summed E-state index contributed by atoms with van der Waals surface area (Å²) in [6.45, 7) is 2.06. The summed E-state index contributed by atoms with van der Waals surface area (Å²) in [7, 11) is 1.63. The second-order valence-electron chi connectivity index (χ2n) is 3.95. The number of rotatable bonds is 3. The molecular weight excluding hydrogens is 212 g/mol. The molecule has 0 radical (unpaired) electrons. The van der Waals surface area contributed by atoms with Gasteiger partial charge in [-0.25, -0.2) is 0 Å². The minimum Gasteiger partial charge on any atom is -0.495 e. The number of pyridine rings is 1. The number of ether oxygens (including phenoxy) is 1. The van der Waals surface area contributed by atoms with Crippen LogP contribution in [0.15, 0.2) is 42.7 Å². The van der Waals surface area contributed by atoms with E-state index in [0.29, 0.717) is 0 Å². The topological polar surface area (TPSA) is 48.1 Å². The monoisotopic (exact) mass is 228 g/mol. The van der Waals surface area contributed by atoms with Crippen molar-refractivity contribution in [2.24, 2.45) is 5.73 Å². The zero-order valence-corrected chi connectivity index (χ0v) is 10.1. The van der Waals surface area contributed by atoms with Crippen molar-refractivity contribution in [2.45, 2.75) is 13.0 Å². The SMILES string of the molecule is COc1cnccc1C(N)c1ccccc1C. The molecule has 88 valence electrons. The molecular formula is C14H16N2O. The van der Waals surface area contributed by atoms with E-state index >= 15 is 0 Å². The Hall–Kier alpha value is -1.87. The molecule has 0 aliphatic heterocycles. The largest absolute Gasteiger partial charge is 0.495 e. The molecule has 17 heavy (non-hydrogen) atoms. The summed E-state index contributed by atoms with van der Waals surface area (Å²) in [6, 6.07) is 9.82. The van der Waals surface area contributed by atoms with Crippen LogP contribution in [0, 0.1) is 6.92 Å². The molecule has 0 amide bonds. The van der Waals surface area contributed by atoms with Crippen molar-refractivity contribution in [3.8, 4) is 5.75 Å². The molecule has 1 aromatic heterocycles. The third-order valence-electron chi connectivity index (χ3n) is 2.89. The molecule has 3 nitrogen and oxygen atoms in total. The molecule has 0 aliphatic rings. The number of hydrogen-bond donors (Lipinski definition) is 1. The van der Waals surface area contributed by atoms with Crippen LogP contribution in [0.1, 0.15) is 22.7 Å². The van der Waals surface area contributed by atoms with Gasteiger partial charge in [-0.05, 0) is 24.1 Å². The Morgan fingerprint density at radius 1 is 1.18 bits per heavy atom. The average Bonchev–Trinajstić information content (AvgIpc) is 2.38. The standard InChI is InChI=1S/C14H16N2O/c1-10-5-3-4-6-11(10)14(15)12-7-8-16-9-13(12)17-2/h3-9,14H,15H2,1-2H3. The van der Waals surface area contributed by atoms with Gasteiger partial charge >= 0.3 is 0 Å². The molecule has 1 atom stereocenters. The highest BCUT2D eigenvalue weighted by atomic mass is 16.5. The predicted octanol–water partition coefficient (Wildman–Crippen LogP) is 2.45. The smallest absolute Gasteiger partial charge is 0.142 e. The van der Waals surface area contributed by atoms with Crippen LogP contribution >= 0.6 is 0 Å². The molecule has 0 aliphatic carbocycles. The third-order valence-corrected chi connectivity index (χ3v) is 2.89. The van der Waals surface area contributed by atoms with Gasteiger partial charge in [0.15, 0.2) is 0 Å². The fourth-order valence-electron chi connectivity index (χ4n) is 1.92. The summed E-state index contributed by atoms with van der Waals surface area (Å²) in [5.74, 6) is 0.725. The van der Waals surface area contributed by atoms with Gasteiger partial charge in [0.05, 0.1) is 19.3 Å². The molecule has 2 N–H and O–H groups in total. The summed E-state index contributed by atoms with van der Waals surface area (Å²) in [5, 5.41) is 0. The lowest BCUT2D eigenvalue weighted by Crippen LogP contribution is -2.14. The van der Waals surface area contributed by atoms with Gasteiger partial charge in [0.25, 0.3) is 0 Å². The number of aromatic nitrogens is 1. The minimum atomic E-state index is -0.186. The van der Waals surface area contributed by atoms with Crippen LogP contribution in [0.3, 0.4) is 0 Å². The van der Waals surface area contributed by atoms with Crippen LogP contribution in [0.5, 0.6) is 5.75 Å². The Kier molecular flexibility index (Phi) is 3.40. The Balaban J connectivity index is 2.44. The lowest BCUT2D eigenvalue weighted by molar-refractivity contribution is 0.406. The molecule has 2 rings (SSSR count). The molecule has 1 unspecified atom stereocenters. The van der Waals surface area contributed by atoms with Gasteiger partial charge in [-0.3, -0.25) is 4.98 Å². The summed E-state index contributed by atoms with van der Waals surface area (Å²) >= 11 is 0. The predicted molar refractivity (Wildman–Crippen MR) is 68.0 cm³/mol. The zero-order valence-electron chi connectivity index (χ0n) is 10.1. The first kappa shape index (κ1) is 11.6. The maximum Gasteiger partial charge on any atom is 0.142 e. The van der Waals surface area contributed by atoms with Crippen LogP contribution in [-0.2, 0) is 0 Å². The highest BCUT2D eigenvalue weighted by molar-refractivity contribution is 5.41. The number of hydrogen-bond acceptors (Lipinski definition) is 3. The first-order valence-electron chi connectivity index (χ1n) is 5.53. The molecule has 3 heteroatoms. The van der Waals surface area contributed by atoms with Gasteiger partial charge in [0, 0.05) is 11.8 Å². The maximum absolute atomic E-state index is 6.29. The molecule has 0 spiro atoms. The van der Waals surface area contributed by atoms with E-state index in [0.717, 1.165) is 16.9 Å². The second-order valence-corrected chi connectivity index (χ2v) is 3.95. The van der Waals surface area contributed by atoms with Crippen LogP contribution < -0.4 is 10.5 Å². The van der Waals surface area contributed by atoms with E-state index in [9.17, 15) is 0 Å². The van der Waals surface area contributed by atoms with Crippen molar-refractivity contribution in [3.63, 3.8) is 0 Å². The third kappa shape index (κ3) is 2.29. The van der Waals surface area contributed by atoms with Crippen molar-refractivity contribution in [3.05, 3.63) is 59.4 Å². The zero-order chi connectivity index (χ0) is 12.3. The summed E-state index contributed by atoms with van der Waals surface area (Å²) in [4.78, 5) is 4.03. The van der Waals surface area contributed by atoms with Gasteiger partial charge in [-0.1, -0.05) is 24.3 Å².